The standard InChI is InChI=1S/C16H21ClN3/c1-18-11-12-20(2,16-5-3-4-10-19-16)13-14-6-8-15(17)9-7-14/h3-10,18H,11-13H2,1-2H3/q+1. The van der Waals surface area contributed by atoms with Crippen LogP contribution in [0.4, 0.5) is 5.82 Å². The van der Waals surface area contributed by atoms with Gasteiger partial charge in [0.1, 0.15) is 6.54 Å². The van der Waals surface area contributed by atoms with E-state index < -0.39 is 0 Å². The fraction of sp³-hybridized carbons (Fsp3) is 0.312. The highest BCUT2D eigenvalue weighted by molar-refractivity contribution is 6.30. The van der Waals surface area contributed by atoms with E-state index in [9.17, 15) is 0 Å². The predicted molar refractivity (Wildman–Crippen MR) is 85.9 cm³/mol. The van der Waals surface area contributed by atoms with Gasteiger partial charge in [-0.2, -0.15) is 0 Å². The van der Waals surface area contributed by atoms with E-state index in [-0.39, 0.29) is 0 Å². The molecule has 1 heterocycles. The van der Waals surface area contributed by atoms with Gasteiger partial charge in [0, 0.05) is 29.4 Å². The van der Waals surface area contributed by atoms with Gasteiger partial charge in [0.25, 0.3) is 0 Å². The van der Waals surface area contributed by atoms with E-state index in [4.69, 9.17) is 11.6 Å². The van der Waals surface area contributed by atoms with Gasteiger partial charge in [-0.25, -0.2) is 4.98 Å². The van der Waals surface area contributed by atoms with Crippen molar-refractivity contribution in [3.05, 3.63) is 59.2 Å². The van der Waals surface area contributed by atoms with Crippen molar-refractivity contribution in [2.24, 2.45) is 0 Å². The number of nitrogens with zero attached hydrogens (tertiary/aromatic N) is 2. The first-order valence-corrected chi connectivity index (χ1v) is 7.17. The second kappa shape index (κ2) is 6.84. The van der Waals surface area contributed by atoms with Gasteiger partial charge in [-0.15, -0.1) is 0 Å². The van der Waals surface area contributed by atoms with Crippen LogP contribution in [0, 0.1) is 0 Å². The molecule has 1 atom stereocenters. The van der Waals surface area contributed by atoms with E-state index in [2.05, 4.69) is 35.5 Å². The Morgan fingerprint density at radius 2 is 1.90 bits per heavy atom. The van der Waals surface area contributed by atoms with Gasteiger partial charge >= 0.3 is 0 Å². The summed E-state index contributed by atoms with van der Waals surface area (Å²) in [5.41, 5.74) is 1.26. The van der Waals surface area contributed by atoms with E-state index in [0.717, 1.165) is 35.0 Å². The molecule has 106 valence electrons. The fourth-order valence-electron chi connectivity index (χ4n) is 2.30. The largest absolute Gasteiger partial charge is 0.315 e. The summed E-state index contributed by atoms with van der Waals surface area (Å²) in [4.78, 5) is 4.54. The van der Waals surface area contributed by atoms with Gasteiger partial charge in [-0.3, -0.25) is 4.48 Å². The van der Waals surface area contributed by atoms with Crippen LogP contribution in [0.1, 0.15) is 5.56 Å². The summed E-state index contributed by atoms with van der Waals surface area (Å²) in [6.45, 7) is 2.83. The van der Waals surface area contributed by atoms with Crippen molar-refractivity contribution in [3.8, 4) is 0 Å². The van der Waals surface area contributed by atoms with Gasteiger partial charge in [0.2, 0.25) is 5.82 Å². The van der Waals surface area contributed by atoms with Crippen molar-refractivity contribution >= 4 is 17.4 Å². The molecule has 1 unspecified atom stereocenters. The topological polar surface area (TPSA) is 24.9 Å². The summed E-state index contributed by atoms with van der Waals surface area (Å²) in [5.74, 6) is 1.08. The molecule has 3 nitrogen and oxygen atoms in total. The van der Waals surface area contributed by atoms with Crippen molar-refractivity contribution in [3.63, 3.8) is 0 Å². The lowest BCUT2D eigenvalue weighted by Crippen LogP contribution is -2.48. The molecule has 0 amide bonds. The third-order valence-electron chi connectivity index (χ3n) is 3.50. The molecule has 1 N–H and O–H groups in total. The Labute approximate surface area is 125 Å². The zero-order valence-corrected chi connectivity index (χ0v) is 12.8. The van der Waals surface area contributed by atoms with Crippen molar-refractivity contribution < 1.29 is 0 Å². The maximum Gasteiger partial charge on any atom is 0.227 e. The molecule has 20 heavy (non-hydrogen) atoms. The number of hydrogen-bond donors (Lipinski definition) is 1. The Kier molecular flexibility index (Phi) is 5.12. The first-order valence-electron chi connectivity index (χ1n) is 6.79. The number of aromatic nitrogens is 1. The van der Waals surface area contributed by atoms with Crippen molar-refractivity contribution in [1.82, 2.24) is 14.8 Å². The fourth-order valence-corrected chi connectivity index (χ4v) is 2.43. The summed E-state index contributed by atoms with van der Waals surface area (Å²) in [5, 5.41) is 4.00. The molecule has 1 aromatic heterocycles. The van der Waals surface area contributed by atoms with Crippen LogP contribution in [0.5, 0.6) is 0 Å². The normalized spacial score (nSPS) is 13.9. The van der Waals surface area contributed by atoms with Gasteiger partial charge in [0.15, 0.2) is 0 Å². The quantitative estimate of drug-likeness (QED) is 0.827. The molecule has 0 bridgehead atoms. The van der Waals surface area contributed by atoms with Gasteiger partial charge in [-0.05, 0) is 25.2 Å². The Bertz CT molecular complexity index is 527. The number of rotatable bonds is 6. The summed E-state index contributed by atoms with van der Waals surface area (Å²) in [7, 11) is 4.19. The zero-order chi connectivity index (χ0) is 14.4. The molecule has 0 aliphatic rings. The number of pyridine rings is 1. The highest BCUT2D eigenvalue weighted by Gasteiger charge is 2.26. The van der Waals surface area contributed by atoms with E-state index >= 15 is 0 Å². The summed E-state index contributed by atoms with van der Waals surface area (Å²) in [6, 6.07) is 14.1. The van der Waals surface area contributed by atoms with Crippen LogP contribution < -0.4 is 9.80 Å². The Morgan fingerprint density at radius 1 is 1.15 bits per heavy atom. The number of halogens is 1. The number of nitrogens with one attached hydrogen (secondary N) is 1. The molecular weight excluding hydrogens is 270 g/mol. The monoisotopic (exact) mass is 290 g/mol. The molecule has 0 aliphatic heterocycles. The molecule has 2 rings (SSSR count). The predicted octanol–water partition coefficient (Wildman–Crippen LogP) is 3.09. The van der Waals surface area contributed by atoms with Gasteiger partial charge in [0.05, 0.1) is 13.6 Å². The van der Waals surface area contributed by atoms with E-state index in [1.165, 1.54) is 5.56 Å². The highest BCUT2D eigenvalue weighted by Crippen LogP contribution is 2.22. The SMILES string of the molecule is CNCC[N+](C)(Cc1ccc(Cl)cc1)c1ccccn1. The van der Waals surface area contributed by atoms with Gasteiger partial charge in [-0.1, -0.05) is 29.8 Å². The molecule has 0 radical (unpaired) electrons. The molecule has 0 spiro atoms. The van der Waals surface area contributed by atoms with Crippen LogP contribution in [0.15, 0.2) is 48.7 Å². The van der Waals surface area contributed by atoms with Crippen LogP contribution in [0.2, 0.25) is 5.02 Å². The van der Waals surface area contributed by atoms with Crippen LogP contribution >= 0.6 is 11.6 Å². The average Bonchev–Trinajstić information content (AvgIpc) is 2.48. The molecule has 2 aromatic rings. The van der Waals surface area contributed by atoms with Crippen molar-refractivity contribution in [2.45, 2.75) is 6.54 Å². The summed E-state index contributed by atoms with van der Waals surface area (Å²) >= 11 is 5.96. The maximum absolute atomic E-state index is 5.96. The first kappa shape index (κ1) is 15.0. The Balaban J connectivity index is 2.25. The first-order chi connectivity index (χ1) is 9.64. The Hall–Kier alpha value is -1.42. The number of likely N-dealkylation sites (N-methyl/N-ethyl adjacent to an activating group) is 2. The van der Waals surface area contributed by atoms with E-state index in [0.29, 0.717) is 0 Å². The number of benzene rings is 1. The van der Waals surface area contributed by atoms with Gasteiger partial charge < -0.3 is 5.32 Å². The van der Waals surface area contributed by atoms with Crippen molar-refractivity contribution in [1.29, 1.82) is 0 Å². The van der Waals surface area contributed by atoms with Crippen LogP contribution in [-0.4, -0.2) is 32.2 Å². The van der Waals surface area contributed by atoms with Crippen LogP contribution in [0.3, 0.4) is 0 Å². The second-order valence-corrected chi connectivity index (χ2v) is 5.63. The Morgan fingerprint density at radius 3 is 2.50 bits per heavy atom. The highest BCUT2D eigenvalue weighted by atomic mass is 35.5. The average molecular weight is 291 g/mol. The lowest BCUT2D eigenvalue weighted by molar-refractivity contribution is 0.315. The second-order valence-electron chi connectivity index (χ2n) is 5.20. The van der Waals surface area contributed by atoms with E-state index in [1.807, 2.05) is 37.5 Å². The third-order valence-corrected chi connectivity index (χ3v) is 3.75. The molecule has 0 aliphatic carbocycles. The minimum Gasteiger partial charge on any atom is -0.315 e. The minimum absolute atomic E-state index is 0.767. The molecular formula is C16H21ClN3+. The zero-order valence-electron chi connectivity index (χ0n) is 12.0. The summed E-state index contributed by atoms with van der Waals surface area (Å²) < 4.78 is 0.767. The van der Waals surface area contributed by atoms with Crippen LogP contribution in [0.25, 0.3) is 0 Å². The third kappa shape index (κ3) is 3.79. The number of quaternary nitrogens is 1. The lowest BCUT2D eigenvalue weighted by Gasteiger charge is -2.33. The molecule has 4 heteroatoms. The molecule has 0 fully saturated rings. The van der Waals surface area contributed by atoms with Crippen molar-refractivity contribution in [2.75, 3.05) is 27.2 Å². The smallest absolute Gasteiger partial charge is 0.227 e. The number of hydrogen-bond acceptors (Lipinski definition) is 2. The lowest BCUT2D eigenvalue weighted by atomic mass is 10.2. The van der Waals surface area contributed by atoms with Crippen LogP contribution in [-0.2, 0) is 6.54 Å². The molecule has 1 aromatic carbocycles. The minimum atomic E-state index is 0.767. The summed E-state index contributed by atoms with van der Waals surface area (Å²) in [6.07, 6.45) is 1.85. The van der Waals surface area contributed by atoms with E-state index in [1.54, 1.807) is 0 Å². The maximum atomic E-state index is 5.96. The molecule has 0 saturated heterocycles. The molecule has 0 saturated carbocycles.